The molecule has 0 fully saturated rings. The summed E-state index contributed by atoms with van der Waals surface area (Å²) in [6.07, 6.45) is 2.26. The molecule has 86 valence electrons. The van der Waals surface area contributed by atoms with Gasteiger partial charge in [-0.3, -0.25) is 0 Å². The molecule has 0 saturated heterocycles. The van der Waals surface area contributed by atoms with E-state index in [4.69, 9.17) is 4.74 Å². The summed E-state index contributed by atoms with van der Waals surface area (Å²) in [5, 5.41) is 2.99. The van der Waals surface area contributed by atoms with Crippen LogP contribution in [0.15, 0.2) is 0 Å². The van der Waals surface area contributed by atoms with Gasteiger partial charge in [0.05, 0.1) is 11.5 Å². The van der Waals surface area contributed by atoms with Gasteiger partial charge in [-0.05, 0) is 32.9 Å². The maximum absolute atomic E-state index is 11.4. The molecule has 14 heavy (non-hydrogen) atoms. The molecule has 0 aromatic carbocycles. The molecule has 0 amide bonds. The first kappa shape index (κ1) is 13.9. The highest BCUT2D eigenvalue weighted by Gasteiger charge is 2.09. The Morgan fingerprint density at radius 2 is 1.79 bits per heavy atom. The second kappa shape index (κ2) is 8.20. The van der Waals surface area contributed by atoms with E-state index in [9.17, 15) is 8.42 Å². The van der Waals surface area contributed by atoms with Crippen molar-refractivity contribution >= 4 is 9.84 Å². The number of sulfone groups is 1. The van der Waals surface area contributed by atoms with E-state index in [1.54, 1.807) is 7.11 Å². The van der Waals surface area contributed by atoms with Crippen molar-refractivity contribution < 1.29 is 13.2 Å². The van der Waals surface area contributed by atoms with E-state index < -0.39 is 9.84 Å². The van der Waals surface area contributed by atoms with Crippen molar-refractivity contribution in [1.82, 2.24) is 5.32 Å². The third kappa shape index (κ3) is 8.47. The fraction of sp³-hybridized carbons (Fsp3) is 1.00. The number of methoxy groups -OCH3 is 1. The normalized spacial score (nSPS) is 11.9. The van der Waals surface area contributed by atoms with Crippen molar-refractivity contribution in [2.75, 3.05) is 38.8 Å². The quantitative estimate of drug-likeness (QED) is 0.576. The van der Waals surface area contributed by atoms with Crippen LogP contribution in [0.25, 0.3) is 0 Å². The monoisotopic (exact) mass is 223 g/mol. The Bertz CT molecular complexity index is 214. The predicted molar refractivity (Wildman–Crippen MR) is 58.3 cm³/mol. The van der Waals surface area contributed by atoms with Gasteiger partial charge in [-0.15, -0.1) is 0 Å². The summed E-state index contributed by atoms with van der Waals surface area (Å²) in [5.41, 5.74) is 0. The molecule has 1 N–H and O–H groups in total. The van der Waals surface area contributed by atoms with E-state index in [1.165, 1.54) is 0 Å². The summed E-state index contributed by atoms with van der Waals surface area (Å²) in [4.78, 5) is 0. The van der Waals surface area contributed by atoms with Crippen LogP contribution in [-0.4, -0.2) is 47.2 Å². The van der Waals surface area contributed by atoms with Gasteiger partial charge in [0.2, 0.25) is 0 Å². The SMILES string of the molecule is CNCCCCS(=O)(=O)CCCOC. The Labute approximate surface area is 86.9 Å². The van der Waals surface area contributed by atoms with Crippen LogP contribution >= 0.6 is 0 Å². The Hall–Kier alpha value is -0.130. The van der Waals surface area contributed by atoms with Gasteiger partial charge in [0.1, 0.15) is 9.84 Å². The smallest absolute Gasteiger partial charge is 0.150 e. The molecule has 0 heterocycles. The van der Waals surface area contributed by atoms with E-state index in [2.05, 4.69) is 5.32 Å². The topological polar surface area (TPSA) is 55.4 Å². The van der Waals surface area contributed by atoms with Gasteiger partial charge in [0.15, 0.2) is 0 Å². The van der Waals surface area contributed by atoms with Gasteiger partial charge in [-0.1, -0.05) is 0 Å². The highest BCUT2D eigenvalue weighted by molar-refractivity contribution is 7.91. The molecule has 0 aromatic rings. The van der Waals surface area contributed by atoms with Crippen molar-refractivity contribution in [2.24, 2.45) is 0 Å². The first-order valence-corrected chi connectivity index (χ1v) is 6.78. The molecule has 0 atom stereocenters. The van der Waals surface area contributed by atoms with Crippen molar-refractivity contribution in [3.8, 4) is 0 Å². The fourth-order valence-electron chi connectivity index (χ4n) is 1.15. The molecule has 0 bridgehead atoms. The zero-order valence-corrected chi connectivity index (χ0v) is 9.90. The molecule has 0 aromatic heterocycles. The number of rotatable bonds is 9. The second-order valence-corrected chi connectivity index (χ2v) is 5.61. The van der Waals surface area contributed by atoms with Gasteiger partial charge in [-0.2, -0.15) is 0 Å². The van der Waals surface area contributed by atoms with Crippen LogP contribution in [0.2, 0.25) is 0 Å². The molecule has 0 radical (unpaired) electrons. The average Bonchev–Trinajstić information content (AvgIpc) is 2.13. The van der Waals surface area contributed by atoms with Gasteiger partial charge in [0, 0.05) is 13.7 Å². The molecule has 0 aliphatic heterocycles. The van der Waals surface area contributed by atoms with Crippen LogP contribution in [-0.2, 0) is 14.6 Å². The van der Waals surface area contributed by atoms with Crippen LogP contribution in [0.1, 0.15) is 19.3 Å². The molecular formula is C9H21NO3S. The molecule has 0 spiro atoms. The van der Waals surface area contributed by atoms with Gasteiger partial charge in [0.25, 0.3) is 0 Å². The fourth-order valence-corrected chi connectivity index (χ4v) is 2.55. The molecule has 0 rings (SSSR count). The summed E-state index contributed by atoms with van der Waals surface area (Å²) in [5.74, 6) is 0.554. The van der Waals surface area contributed by atoms with Crippen molar-refractivity contribution in [1.29, 1.82) is 0 Å². The lowest BCUT2D eigenvalue weighted by Crippen LogP contribution is -2.14. The Morgan fingerprint density at radius 3 is 2.36 bits per heavy atom. The van der Waals surface area contributed by atoms with E-state index in [0.717, 1.165) is 19.4 Å². The lowest BCUT2D eigenvalue weighted by molar-refractivity contribution is 0.199. The third-order valence-electron chi connectivity index (χ3n) is 1.94. The van der Waals surface area contributed by atoms with Crippen molar-refractivity contribution in [3.63, 3.8) is 0 Å². The minimum atomic E-state index is -2.84. The first-order chi connectivity index (χ1) is 6.62. The maximum Gasteiger partial charge on any atom is 0.150 e. The number of unbranched alkanes of at least 4 members (excludes halogenated alkanes) is 1. The van der Waals surface area contributed by atoms with Crippen LogP contribution < -0.4 is 5.32 Å². The number of hydrogen-bond acceptors (Lipinski definition) is 4. The van der Waals surface area contributed by atoms with Gasteiger partial charge < -0.3 is 10.1 Å². The molecule has 0 unspecified atom stereocenters. The number of hydrogen-bond donors (Lipinski definition) is 1. The van der Waals surface area contributed by atoms with Crippen LogP contribution in [0, 0.1) is 0 Å². The summed E-state index contributed by atoms with van der Waals surface area (Å²) < 4.78 is 27.6. The standard InChI is InChI=1S/C9H21NO3S/c1-10-6-3-4-8-14(11,12)9-5-7-13-2/h10H,3-9H2,1-2H3. The van der Waals surface area contributed by atoms with Crippen LogP contribution in [0.4, 0.5) is 0 Å². The molecule has 0 aliphatic rings. The zero-order chi connectivity index (χ0) is 10.9. The lowest BCUT2D eigenvalue weighted by Gasteiger charge is -2.03. The number of ether oxygens (including phenoxy) is 1. The third-order valence-corrected chi connectivity index (χ3v) is 3.76. The minimum Gasteiger partial charge on any atom is -0.385 e. The highest BCUT2D eigenvalue weighted by Crippen LogP contribution is 1.99. The van der Waals surface area contributed by atoms with E-state index in [1.807, 2.05) is 7.05 Å². The zero-order valence-electron chi connectivity index (χ0n) is 9.08. The second-order valence-electron chi connectivity index (χ2n) is 3.31. The lowest BCUT2D eigenvalue weighted by atomic mass is 10.3. The molecule has 0 aliphatic carbocycles. The predicted octanol–water partition coefficient (Wildman–Crippen LogP) is 0.437. The molecule has 4 nitrogen and oxygen atoms in total. The first-order valence-electron chi connectivity index (χ1n) is 4.96. The van der Waals surface area contributed by atoms with Crippen molar-refractivity contribution in [2.45, 2.75) is 19.3 Å². The Balaban J connectivity index is 3.52. The van der Waals surface area contributed by atoms with E-state index in [-0.39, 0.29) is 5.75 Å². The average molecular weight is 223 g/mol. The molecule has 5 heteroatoms. The largest absolute Gasteiger partial charge is 0.385 e. The molecule has 0 saturated carbocycles. The maximum atomic E-state index is 11.4. The van der Waals surface area contributed by atoms with E-state index in [0.29, 0.717) is 18.8 Å². The Kier molecular flexibility index (Phi) is 8.12. The molecular weight excluding hydrogens is 202 g/mol. The Morgan fingerprint density at radius 1 is 1.14 bits per heavy atom. The van der Waals surface area contributed by atoms with Crippen molar-refractivity contribution in [3.05, 3.63) is 0 Å². The number of nitrogens with one attached hydrogen (secondary N) is 1. The minimum absolute atomic E-state index is 0.250. The van der Waals surface area contributed by atoms with Gasteiger partial charge >= 0.3 is 0 Å². The van der Waals surface area contributed by atoms with Crippen LogP contribution in [0.5, 0.6) is 0 Å². The summed E-state index contributed by atoms with van der Waals surface area (Å²) in [6.45, 7) is 1.41. The summed E-state index contributed by atoms with van der Waals surface area (Å²) in [6, 6.07) is 0. The van der Waals surface area contributed by atoms with Crippen LogP contribution in [0.3, 0.4) is 0 Å². The highest BCUT2D eigenvalue weighted by atomic mass is 32.2. The summed E-state index contributed by atoms with van der Waals surface area (Å²) >= 11 is 0. The van der Waals surface area contributed by atoms with E-state index >= 15 is 0 Å². The summed E-state index contributed by atoms with van der Waals surface area (Å²) in [7, 11) is 0.609. The van der Waals surface area contributed by atoms with Gasteiger partial charge in [-0.25, -0.2) is 8.42 Å².